The molecule has 2 atom stereocenters. The summed E-state index contributed by atoms with van der Waals surface area (Å²) < 4.78 is 5.48. The Morgan fingerprint density at radius 1 is 1.38 bits per heavy atom. The number of likely N-dealkylation sites (N-methyl/N-ethyl adjacent to an activating group) is 1. The summed E-state index contributed by atoms with van der Waals surface area (Å²) in [5.41, 5.74) is -0.421. The van der Waals surface area contributed by atoms with E-state index in [1.165, 1.54) is 6.42 Å². The number of carbonyl (C=O) groups is 1. The van der Waals surface area contributed by atoms with Crippen molar-refractivity contribution in [3.8, 4) is 0 Å². The first-order valence-electron chi connectivity index (χ1n) is 8.24. The summed E-state index contributed by atoms with van der Waals surface area (Å²) in [5.74, 6) is 0.774. The van der Waals surface area contributed by atoms with Gasteiger partial charge in [-0.15, -0.1) is 0 Å². The van der Waals surface area contributed by atoms with E-state index in [0.29, 0.717) is 0 Å². The minimum Gasteiger partial charge on any atom is -0.444 e. The maximum atomic E-state index is 12.2. The zero-order valence-electron chi connectivity index (χ0n) is 14.0. The highest BCUT2D eigenvalue weighted by Crippen LogP contribution is 2.20. The lowest BCUT2D eigenvalue weighted by molar-refractivity contribution is 0.0127. The van der Waals surface area contributed by atoms with Crippen LogP contribution >= 0.6 is 0 Å². The molecule has 0 aromatic carbocycles. The van der Waals surface area contributed by atoms with Crippen molar-refractivity contribution in [3.05, 3.63) is 0 Å². The molecule has 0 aromatic rings. The molecule has 0 radical (unpaired) electrons. The van der Waals surface area contributed by atoms with Crippen molar-refractivity contribution < 1.29 is 9.53 Å². The molecule has 21 heavy (non-hydrogen) atoms. The van der Waals surface area contributed by atoms with Crippen LogP contribution in [0.15, 0.2) is 0 Å². The molecule has 5 nitrogen and oxygen atoms in total. The zero-order valence-corrected chi connectivity index (χ0v) is 14.0. The summed E-state index contributed by atoms with van der Waals surface area (Å²) in [4.78, 5) is 16.5. The molecule has 0 aromatic heterocycles. The first-order valence-corrected chi connectivity index (χ1v) is 8.24. The van der Waals surface area contributed by atoms with Crippen molar-refractivity contribution >= 4 is 6.09 Å². The van der Waals surface area contributed by atoms with Crippen LogP contribution in [0, 0.1) is 5.92 Å². The molecule has 2 aliphatic rings. The van der Waals surface area contributed by atoms with E-state index in [0.717, 1.165) is 51.5 Å². The van der Waals surface area contributed by atoms with Crippen LogP contribution in [-0.2, 0) is 4.74 Å². The number of nitrogens with zero attached hydrogens (tertiary/aromatic N) is 2. The highest BCUT2D eigenvalue weighted by molar-refractivity contribution is 5.68. The van der Waals surface area contributed by atoms with Crippen LogP contribution in [0.3, 0.4) is 0 Å². The average Bonchev–Trinajstić information content (AvgIpc) is 2.89. The number of amides is 1. The second-order valence-corrected chi connectivity index (χ2v) is 7.51. The lowest BCUT2D eigenvalue weighted by atomic mass is 10.0. The van der Waals surface area contributed by atoms with Crippen molar-refractivity contribution in [1.82, 2.24) is 15.1 Å². The van der Waals surface area contributed by atoms with Gasteiger partial charge in [0.05, 0.1) is 0 Å². The summed E-state index contributed by atoms with van der Waals surface area (Å²) >= 11 is 0. The number of carbonyl (C=O) groups excluding carboxylic acids is 1. The molecule has 2 saturated heterocycles. The molecule has 0 bridgehead atoms. The van der Waals surface area contributed by atoms with Crippen LogP contribution in [0.2, 0.25) is 0 Å². The van der Waals surface area contributed by atoms with E-state index in [1.54, 1.807) is 4.90 Å². The molecule has 0 saturated carbocycles. The van der Waals surface area contributed by atoms with Gasteiger partial charge in [0.25, 0.3) is 0 Å². The first kappa shape index (κ1) is 16.6. The minimum atomic E-state index is -0.421. The number of ether oxygens (including phenoxy) is 1. The maximum Gasteiger partial charge on any atom is 0.410 e. The summed E-state index contributed by atoms with van der Waals surface area (Å²) in [5, 5.41) is 3.43. The second kappa shape index (κ2) is 6.97. The van der Waals surface area contributed by atoms with Crippen LogP contribution in [0.25, 0.3) is 0 Å². The van der Waals surface area contributed by atoms with E-state index < -0.39 is 5.60 Å². The maximum absolute atomic E-state index is 12.2. The standard InChI is InChI=1S/C16H31N3O2/c1-16(2,3)21-15(20)18(4)14-6-5-9-19(12-14)11-13-7-8-17-10-13/h13-14,17H,5-12H2,1-4H3. The molecular weight excluding hydrogens is 266 g/mol. The van der Waals surface area contributed by atoms with E-state index in [9.17, 15) is 4.79 Å². The van der Waals surface area contributed by atoms with E-state index >= 15 is 0 Å². The van der Waals surface area contributed by atoms with Crippen molar-refractivity contribution in [2.24, 2.45) is 5.92 Å². The van der Waals surface area contributed by atoms with Gasteiger partial charge in [-0.1, -0.05) is 0 Å². The van der Waals surface area contributed by atoms with Crippen LogP contribution in [0.5, 0.6) is 0 Å². The fraction of sp³-hybridized carbons (Fsp3) is 0.938. The highest BCUT2D eigenvalue weighted by atomic mass is 16.6. The Labute approximate surface area is 129 Å². The van der Waals surface area contributed by atoms with Crippen LogP contribution < -0.4 is 5.32 Å². The fourth-order valence-electron chi connectivity index (χ4n) is 3.23. The Kier molecular flexibility index (Phi) is 5.49. The number of rotatable bonds is 3. The molecule has 2 heterocycles. The monoisotopic (exact) mass is 297 g/mol. The molecule has 1 N–H and O–H groups in total. The van der Waals surface area contributed by atoms with Gasteiger partial charge < -0.3 is 19.9 Å². The van der Waals surface area contributed by atoms with Crippen LogP contribution in [0.1, 0.15) is 40.0 Å². The fourth-order valence-corrected chi connectivity index (χ4v) is 3.23. The van der Waals surface area contributed by atoms with Gasteiger partial charge in [0.2, 0.25) is 0 Å². The lowest BCUT2D eigenvalue weighted by Gasteiger charge is -2.38. The van der Waals surface area contributed by atoms with E-state index in [2.05, 4.69) is 10.2 Å². The van der Waals surface area contributed by atoms with Gasteiger partial charge in [-0.05, 0) is 65.6 Å². The number of hydrogen-bond donors (Lipinski definition) is 1. The molecule has 2 unspecified atom stereocenters. The predicted molar refractivity (Wildman–Crippen MR) is 84.4 cm³/mol. The molecule has 2 fully saturated rings. The Hall–Kier alpha value is -0.810. The third-order valence-corrected chi connectivity index (χ3v) is 4.39. The van der Waals surface area contributed by atoms with Crippen molar-refractivity contribution in [3.63, 3.8) is 0 Å². The predicted octanol–water partition coefficient (Wildman–Crippen LogP) is 1.93. The lowest BCUT2D eigenvalue weighted by Crippen LogP contribution is -2.50. The van der Waals surface area contributed by atoms with Crippen molar-refractivity contribution in [2.75, 3.05) is 39.8 Å². The zero-order chi connectivity index (χ0) is 15.5. The third-order valence-electron chi connectivity index (χ3n) is 4.39. The second-order valence-electron chi connectivity index (χ2n) is 7.51. The summed E-state index contributed by atoms with van der Waals surface area (Å²) in [6.45, 7) is 11.3. The first-order chi connectivity index (χ1) is 9.85. The normalized spacial score (nSPS) is 27.6. The SMILES string of the molecule is CN(C(=O)OC(C)(C)C)C1CCCN(CC2CCNC2)C1. The Morgan fingerprint density at radius 3 is 2.76 bits per heavy atom. The molecule has 5 heteroatoms. The van der Waals surface area contributed by atoms with Crippen molar-refractivity contribution in [1.29, 1.82) is 0 Å². The van der Waals surface area contributed by atoms with Crippen molar-refractivity contribution in [2.45, 2.75) is 51.7 Å². The van der Waals surface area contributed by atoms with E-state index in [-0.39, 0.29) is 12.1 Å². The van der Waals surface area contributed by atoms with E-state index in [1.807, 2.05) is 27.8 Å². The topological polar surface area (TPSA) is 44.8 Å². The molecule has 2 rings (SSSR count). The smallest absolute Gasteiger partial charge is 0.410 e. The molecule has 122 valence electrons. The summed E-state index contributed by atoms with van der Waals surface area (Å²) in [7, 11) is 1.87. The summed E-state index contributed by atoms with van der Waals surface area (Å²) in [6.07, 6.45) is 3.33. The Balaban J connectivity index is 1.83. The van der Waals surface area contributed by atoms with Crippen LogP contribution in [0.4, 0.5) is 4.79 Å². The Bertz CT molecular complexity index is 348. The largest absolute Gasteiger partial charge is 0.444 e. The van der Waals surface area contributed by atoms with Gasteiger partial charge in [-0.2, -0.15) is 0 Å². The van der Waals surface area contributed by atoms with Gasteiger partial charge in [0, 0.05) is 26.2 Å². The molecule has 2 aliphatic heterocycles. The van der Waals surface area contributed by atoms with Gasteiger partial charge in [0.15, 0.2) is 0 Å². The summed E-state index contributed by atoms with van der Waals surface area (Å²) in [6, 6.07) is 0.281. The van der Waals surface area contributed by atoms with Gasteiger partial charge in [-0.3, -0.25) is 0 Å². The van der Waals surface area contributed by atoms with E-state index in [4.69, 9.17) is 4.74 Å². The average molecular weight is 297 g/mol. The number of hydrogen-bond acceptors (Lipinski definition) is 4. The minimum absolute atomic E-state index is 0.197. The quantitative estimate of drug-likeness (QED) is 0.864. The molecule has 0 aliphatic carbocycles. The highest BCUT2D eigenvalue weighted by Gasteiger charge is 2.30. The number of likely N-dealkylation sites (tertiary alicyclic amines) is 1. The number of nitrogens with one attached hydrogen (secondary N) is 1. The van der Waals surface area contributed by atoms with Gasteiger partial charge in [0.1, 0.15) is 5.60 Å². The third kappa shape index (κ3) is 5.15. The molecular formula is C16H31N3O2. The molecule has 0 spiro atoms. The van der Waals surface area contributed by atoms with Gasteiger partial charge in [-0.25, -0.2) is 4.79 Å². The molecule has 1 amide bonds. The Morgan fingerprint density at radius 2 is 2.14 bits per heavy atom. The van der Waals surface area contributed by atoms with Gasteiger partial charge >= 0.3 is 6.09 Å². The van der Waals surface area contributed by atoms with Crippen LogP contribution in [-0.4, -0.2) is 67.3 Å². The number of piperidine rings is 1.